The van der Waals surface area contributed by atoms with E-state index >= 15 is 0 Å². The number of para-hydroxylation sites is 1. The lowest BCUT2D eigenvalue weighted by atomic mass is 9.93. The van der Waals surface area contributed by atoms with Crippen molar-refractivity contribution in [2.45, 2.75) is 19.9 Å². The number of fused-ring (bicyclic) bond motifs is 1. The summed E-state index contributed by atoms with van der Waals surface area (Å²) in [7, 11) is 0. The molecule has 0 aromatic heterocycles. The SMILES string of the molecule is CC1Cc2ccccc2N(Cc2c(N)cccc2F)C1. The largest absolute Gasteiger partial charge is 0.398 e. The third kappa shape index (κ3) is 2.36. The monoisotopic (exact) mass is 270 g/mol. The number of halogens is 1. The number of nitrogen functional groups attached to an aromatic ring is 1. The molecule has 0 bridgehead atoms. The van der Waals surface area contributed by atoms with E-state index in [1.807, 2.05) is 6.07 Å². The second-order valence-corrected chi connectivity index (χ2v) is 5.63. The van der Waals surface area contributed by atoms with Gasteiger partial charge in [0, 0.05) is 30.0 Å². The van der Waals surface area contributed by atoms with Gasteiger partial charge in [0.05, 0.1) is 0 Å². The normalized spacial score (nSPS) is 17.9. The minimum absolute atomic E-state index is 0.222. The Hall–Kier alpha value is -2.03. The Morgan fingerprint density at radius 2 is 2.00 bits per heavy atom. The Morgan fingerprint density at radius 1 is 1.20 bits per heavy atom. The van der Waals surface area contributed by atoms with Crippen molar-refractivity contribution in [3.63, 3.8) is 0 Å². The first-order valence-corrected chi connectivity index (χ1v) is 7.01. The van der Waals surface area contributed by atoms with Gasteiger partial charge in [0.15, 0.2) is 0 Å². The minimum Gasteiger partial charge on any atom is -0.398 e. The lowest BCUT2D eigenvalue weighted by Gasteiger charge is -2.35. The molecule has 0 radical (unpaired) electrons. The zero-order valence-electron chi connectivity index (χ0n) is 11.6. The highest BCUT2D eigenvalue weighted by Crippen LogP contribution is 2.31. The molecule has 3 rings (SSSR count). The van der Waals surface area contributed by atoms with Crippen LogP contribution in [0, 0.1) is 11.7 Å². The van der Waals surface area contributed by atoms with Crippen LogP contribution in [0.2, 0.25) is 0 Å². The van der Waals surface area contributed by atoms with Crippen molar-refractivity contribution in [2.24, 2.45) is 5.92 Å². The minimum atomic E-state index is -0.222. The van der Waals surface area contributed by atoms with E-state index in [2.05, 4.69) is 30.0 Å². The van der Waals surface area contributed by atoms with Gasteiger partial charge in [-0.2, -0.15) is 0 Å². The van der Waals surface area contributed by atoms with Crippen molar-refractivity contribution in [1.29, 1.82) is 0 Å². The Labute approximate surface area is 119 Å². The predicted octanol–water partition coefficient (Wildman–Crippen LogP) is 3.61. The Balaban J connectivity index is 1.95. The second-order valence-electron chi connectivity index (χ2n) is 5.63. The summed E-state index contributed by atoms with van der Waals surface area (Å²) in [6.45, 7) is 3.69. The highest BCUT2D eigenvalue weighted by molar-refractivity contribution is 5.58. The molecule has 2 nitrogen and oxygen atoms in total. The quantitative estimate of drug-likeness (QED) is 0.845. The molecule has 1 heterocycles. The Kier molecular flexibility index (Phi) is 3.35. The zero-order valence-corrected chi connectivity index (χ0v) is 11.6. The van der Waals surface area contributed by atoms with E-state index in [4.69, 9.17) is 5.73 Å². The van der Waals surface area contributed by atoms with Crippen LogP contribution in [0.4, 0.5) is 15.8 Å². The third-order valence-corrected chi connectivity index (χ3v) is 3.94. The average Bonchev–Trinajstić information content (AvgIpc) is 2.42. The number of hydrogen-bond acceptors (Lipinski definition) is 2. The molecule has 1 atom stereocenters. The lowest BCUT2D eigenvalue weighted by molar-refractivity contribution is 0.523. The summed E-state index contributed by atoms with van der Waals surface area (Å²) in [5.41, 5.74) is 9.59. The number of nitrogens with two attached hydrogens (primary N) is 1. The number of benzene rings is 2. The fourth-order valence-corrected chi connectivity index (χ4v) is 2.99. The van der Waals surface area contributed by atoms with Gasteiger partial charge >= 0.3 is 0 Å². The summed E-state index contributed by atoms with van der Waals surface area (Å²) in [4.78, 5) is 2.23. The maximum atomic E-state index is 14.0. The topological polar surface area (TPSA) is 29.3 Å². The maximum Gasteiger partial charge on any atom is 0.130 e. The first-order valence-electron chi connectivity index (χ1n) is 7.01. The number of hydrogen-bond donors (Lipinski definition) is 1. The van der Waals surface area contributed by atoms with Crippen LogP contribution in [-0.4, -0.2) is 6.54 Å². The summed E-state index contributed by atoms with van der Waals surface area (Å²) < 4.78 is 14.0. The molecule has 1 unspecified atom stereocenters. The van der Waals surface area contributed by atoms with E-state index in [1.165, 1.54) is 17.3 Å². The first kappa shape index (κ1) is 13.0. The van der Waals surface area contributed by atoms with Crippen molar-refractivity contribution >= 4 is 11.4 Å². The van der Waals surface area contributed by atoms with Gasteiger partial charge in [-0.05, 0) is 36.1 Å². The summed E-state index contributed by atoms with van der Waals surface area (Å²) in [6, 6.07) is 13.3. The molecule has 104 valence electrons. The molecule has 0 saturated carbocycles. The molecule has 2 N–H and O–H groups in total. The third-order valence-electron chi connectivity index (χ3n) is 3.94. The fourth-order valence-electron chi connectivity index (χ4n) is 2.99. The summed E-state index contributed by atoms with van der Waals surface area (Å²) in [5.74, 6) is 0.346. The number of anilines is 2. The van der Waals surface area contributed by atoms with Gasteiger partial charge in [-0.25, -0.2) is 4.39 Å². The molecule has 1 aliphatic heterocycles. The first-order chi connectivity index (χ1) is 9.65. The van der Waals surface area contributed by atoms with Crippen LogP contribution >= 0.6 is 0 Å². The van der Waals surface area contributed by atoms with Crippen LogP contribution in [0.25, 0.3) is 0 Å². The van der Waals surface area contributed by atoms with Crippen molar-refractivity contribution in [3.8, 4) is 0 Å². The van der Waals surface area contributed by atoms with Crippen molar-refractivity contribution in [1.82, 2.24) is 0 Å². The molecule has 0 amide bonds. The molecule has 0 fully saturated rings. The number of rotatable bonds is 2. The molecule has 2 aromatic carbocycles. The van der Waals surface area contributed by atoms with E-state index in [-0.39, 0.29) is 5.82 Å². The van der Waals surface area contributed by atoms with Gasteiger partial charge in [-0.3, -0.25) is 0 Å². The molecule has 2 aromatic rings. The van der Waals surface area contributed by atoms with Gasteiger partial charge < -0.3 is 10.6 Å². The van der Waals surface area contributed by atoms with Crippen LogP contribution in [0.15, 0.2) is 42.5 Å². The molecule has 0 spiro atoms. The van der Waals surface area contributed by atoms with Gasteiger partial charge in [0.1, 0.15) is 5.82 Å². The second kappa shape index (κ2) is 5.16. The lowest BCUT2D eigenvalue weighted by Crippen LogP contribution is -2.34. The van der Waals surface area contributed by atoms with E-state index in [1.54, 1.807) is 12.1 Å². The highest BCUT2D eigenvalue weighted by Gasteiger charge is 2.22. The molecule has 0 saturated heterocycles. The number of nitrogens with zero attached hydrogens (tertiary/aromatic N) is 1. The summed E-state index contributed by atoms with van der Waals surface area (Å²) >= 11 is 0. The van der Waals surface area contributed by atoms with Crippen LogP contribution in [0.1, 0.15) is 18.1 Å². The van der Waals surface area contributed by atoms with Crippen LogP contribution in [0.3, 0.4) is 0 Å². The Morgan fingerprint density at radius 3 is 2.80 bits per heavy atom. The highest BCUT2D eigenvalue weighted by atomic mass is 19.1. The van der Waals surface area contributed by atoms with E-state index in [0.29, 0.717) is 23.7 Å². The average molecular weight is 270 g/mol. The van der Waals surface area contributed by atoms with Gasteiger partial charge in [0.2, 0.25) is 0 Å². The standard InChI is InChI=1S/C17H19FN2/c1-12-9-13-5-2-3-8-17(13)20(10-12)11-14-15(18)6-4-7-16(14)19/h2-8,12H,9-11,19H2,1H3. The summed E-state index contributed by atoms with van der Waals surface area (Å²) in [6.07, 6.45) is 1.08. The van der Waals surface area contributed by atoms with Gasteiger partial charge in [0.25, 0.3) is 0 Å². The molecular weight excluding hydrogens is 251 g/mol. The molecule has 20 heavy (non-hydrogen) atoms. The zero-order chi connectivity index (χ0) is 14.1. The van der Waals surface area contributed by atoms with Crippen molar-refractivity contribution in [3.05, 3.63) is 59.4 Å². The van der Waals surface area contributed by atoms with Crippen LogP contribution in [0.5, 0.6) is 0 Å². The summed E-state index contributed by atoms with van der Waals surface area (Å²) in [5, 5.41) is 0. The predicted molar refractivity (Wildman–Crippen MR) is 81.2 cm³/mol. The van der Waals surface area contributed by atoms with Gasteiger partial charge in [-0.1, -0.05) is 31.2 Å². The molecular formula is C17H19FN2. The van der Waals surface area contributed by atoms with Gasteiger partial charge in [-0.15, -0.1) is 0 Å². The van der Waals surface area contributed by atoms with E-state index in [9.17, 15) is 4.39 Å². The molecule has 0 aliphatic carbocycles. The fraction of sp³-hybridized carbons (Fsp3) is 0.294. The molecule has 1 aliphatic rings. The van der Waals surface area contributed by atoms with Crippen LogP contribution in [-0.2, 0) is 13.0 Å². The van der Waals surface area contributed by atoms with Crippen molar-refractivity contribution in [2.75, 3.05) is 17.2 Å². The van der Waals surface area contributed by atoms with E-state index in [0.717, 1.165) is 13.0 Å². The molecule has 3 heteroatoms. The van der Waals surface area contributed by atoms with E-state index < -0.39 is 0 Å². The smallest absolute Gasteiger partial charge is 0.130 e. The maximum absolute atomic E-state index is 14.0. The van der Waals surface area contributed by atoms with Crippen LogP contribution < -0.4 is 10.6 Å². The van der Waals surface area contributed by atoms with Crippen molar-refractivity contribution < 1.29 is 4.39 Å². The Bertz CT molecular complexity index is 604.